The number of allylic oxidation sites excluding steroid dienone is 2. The van der Waals surface area contributed by atoms with Gasteiger partial charge in [0.2, 0.25) is 5.91 Å². The molecule has 0 radical (unpaired) electrons. The lowest BCUT2D eigenvalue weighted by atomic mass is 10.0. The molecule has 2 unspecified atom stereocenters. The third-order valence-corrected chi connectivity index (χ3v) is 14.3. The molecular formula is C61H119NO5. The zero-order valence-electron chi connectivity index (χ0n) is 45.4. The molecule has 6 heteroatoms. The molecule has 1 amide bonds. The highest BCUT2D eigenvalue weighted by molar-refractivity contribution is 5.76. The van der Waals surface area contributed by atoms with Crippen LogP contribution in [0.5, 0.6) is 0 Å². The van der Waals surface area contributed by atoms with Crippen LogP contribution in [0.1, 0.15) is 341 Å². The van der Waals surface area contributed by atoms with Gasteiger partial charge in [-0.05, 0) is 51.4 Å². The predicted molar refractivity (Wildman–Crippen MR) is 292 cm³/mol. The van der Waals surface area contributed by atoms with Crippen LogP contribution in [0.25, 0.3) is 0 Å². The summed E-state index contributed by atoms with van der Waals surface area (Å²) in [5.74, 6) is -0.0463. The molecule has 0 aromatic heterocycles. The van der Waals surface area contributed by atoms with Gasteiger partial charge in [0.1, 0.15) is 0 Å². The van der Waals surface area contributed by atoms with Crippen LogP contribution in [0.15, 0.2) is 12.2 Å². The Balaban J connectivity index is 3.42. The van der Waals surface area contributed by atoms with E-state index in [1.165, 1.54) is 257 Å². The molecule has 0 bridgehead atoms. The smallest absolute Gasteiger partial charge is 0.305 e. The fraction of sp³-hybridized carbons (Fsp3) is 0.934. The monoisotopic (exact) mass is 946 g/mol. The summed E-state index contributed by atoms with van der Waals surface area (Å²) in [7, 11) is 0. The summed E-state index contributed by atoms with van der Waals surface area (Å²) >= 11 is 0. The first-order chi connectivity index (χ1) is 33.0. The standard InChI is InChI=1S/C61H119NO5/c1-3-5-7-9-11-13-15-17-19-21-23-25-29-33-37-41-45-49-53-59(64)58(57-63)62-60(65)54-50-46-42-38-34-30-27-28-32-36-40-44-48-52-56-67-61(66)55-51-47-43-39-35-31-26-24-22-20-18-16-14-12-10-8-6-4-2/h20,22,58-59,63-64H,3-19,21,23-57H2,1-2H3,(H,62,65)/b22-20-. The quantitative estimate of drug-likeness (QED) is 0.0321. The second-order valence-electron chi connectivity index (χ2n) is 21.0. The molecule has 0 aliphatic rings. The van der Waals surface area contributed by atoms with Crippen molar-refractivity contribution in [1.29, 1.82) is 0 Å². The zero-order chi connectivity index (χ0) is 48.6. The molecule has 398 valence electrons. The number of aliphatic hydroxyl groups excluding tert-OH is 2. The molecule has 0 rings (SSSR count). The zero-order valence-corrected chi connectivity index (χ0v) is 45.4. The number of carbonyl (C=O) groups is 2. The lowest BCUT2D eigenvalue weighted by Gasteiger charge is -2.22. The molecule has 0 saturated heterocycles. The Morgan fingerprint density at radius 1 is 0.403 bits per heavy atom. The molecule has 0 aromatic carbocycles. The molecule has 0 aromatic rings. The van der Waals surface area contributed by atoms with Crippen molar-refractivity contribution in [1.82, 2.24) is 5.32 Å². The topological polar surface area (TPSA) is 95.9 Å². The van der Waals surface area contributed by atoms with Gasteiger partial charge in [-0.25, -0.2) is 0 Å². The van der Waals surface area contributed by atoms with E-state index in [0.717, 1.165) is 51.4 Å². The first-order valence-electron chi connectivity index (χ1n) is 30.4. The fourth-order valence-electron chi connectivity index (χ4n) is 9.64. The number of hydrogen-bond donors (Lipinski definition) is 3. The van der Waals surface area contributed by atoms with Crippen molar-refractivity contribution in [3.8, 4) is 0 Å². The van der Waals surface area contributed by atoms with E-state index in [0.29, 0.717) is 25.9 Å². The molecule has 0 saturated carbocycles. The fourth-order valence-corrected chi connectivity index (χ4v) is 9.64. The average molecular weight is 947 g/mol. The van der Waals surface area contributed by atoms with Gasteiger partial charge >= 0.3 is 5.97 Å². The van der Waals surface area contributed by atoms with Crippen LogP contribution >= 0.6 is 0 Å². The van der Waals surface area contributed by atoms with Crippen LogP contribution < -0.4 is 5.32 Å². The maximum Gasteiger partial charge on any atom is 0.305 e. The van der Waals surface area contributed by atoms with Crippen molar-refractivity contribution >= 4 is 11.9 Å². The van der Waals surface area contributed by atoms with Crippen LogP contribution in [0.3, 0.4) is 0 Å². The number of carbonyl (C=O) groups excluding carboxylic acids is 2. The summed E-state index contributed by atoms with van der Waals surface area (Å²) in [6.07, 6.45) is 67.7. The van der Waals surface area contributed by atoms with Crippen molar-refractivity contribution in [3.05, 3.63) is 12.2 Å². The number of unbranched alkanes of at least 4 members (excludes halogenated alkanes) is 44. The molecule has 3 N–H and O–H groups in total. The number of amides is 1. The molecular weight excluding hydrogens is 827 g/mol. The van der Waals surface area contributed by atoms with E-state index in [-0.39, 0.29) is 18.5 Å². The van der Waals surface area contributed by atoms with Gasteiger partial charge in [-0.1, -0.05) is 289 Å². The van der Waals surface area contributed by atoms with E-state index < -0.39 is 12.1 Å². The third-order valence-electron chi connectivity index (χ3n) is 14.3. The van der Waals surface area contributed by atoms with Crippen LogP contribution in [0.2, 0.25) is 0 Å². The normalized spacial score (nSPS) is 12.6. The lowest BCUT2D eigenvalue weighted by Crippen LogP contribution is -2.45. The molecule has 0 aliphatic heterocycles. The minimum atomic E-state index is -0.671. The number of hydrogen-bond acceptors (Lipinski definition) is 5. The average Bonchev–Trinajstić information content (AvgIpc) is 3.33. The second-order valence-corrected chi connectivity index (χ2v) is 21.0. The van der Waals surface area contributed by atoms with Crippen LogP contribution in [0.4, 0.5) is 0 Å². The molecule has 2 atom stereocenters. The van der Waals surface area contributed by atoms with Gasteiger partial charge in [0.15, 0.2) is 0 Å². The van der Waals surface area contributed by atoms with E-state index in [2.05, 4.69) is 31.3 Å². The first kappa shape index (κ1) is 65.6. The van der Waals surface area contributed by atoms with Crippen molar-refractivity contribution in [3.63, 3.8) is 0 Å². The number of aliphatic hydroxyl groups is 2. The molecule has 0 spiro atoms. The summed E-state index contributed by atoms with van der Waals surface area (Å²) in [6.45, 7) is 4.95. The molecule has 0 aliphatic carbocycles. The summed E-state index contributed by atoms with van der Waals surface area (Å²) in [5, 5.41) is 23.3. The number of rotatable bonds is 57. The predicted octanol–water partition coefficient (Wildman–Crippen LogP) is 18.9. The Morgan fingerprint density at radius 3 is 1.06 bits per heavy atom. The summed E-state index contributed by atoms with van der Waals surface area (Å²) in [6, 6.07) is -0.549. The van der Waals surface area contributed by atoms with Crippen LogP contribution in [-0.4, -0.2) is 47.4 Å². The maximum absolute atomic E-state index is 12.5. The largest absolute Gasteiger partial charge is 0.466 e. The van der Waals surface area contributed by atoms with E-state index in [1.54, 1.807) is 0 Å². The molecule has 0 fully saturated rings. The Bertz CT molecular complexity index is 1000. The Morgan fingerprint density at radius 2 is 0.701 bits per heavy atom. The van der Waals surface area contributed by atoms with Crippen molar-refractivity contribution < 1.29 is 24.5 Å². The maximum atomic E-state index is 12.5. The van der Waals surface area contributed by atoms with Crippen LogP contribution in [0, 0.1) is 0 Å². The van der Waals surface area contributed by atoms with Gasteiger partial charge in [-0.2, -0.15) is 0 Å². The van der Waals surface area contributed by atoms with E-state index >= 15 is 0 Å². The van der Waals surface area contributed by atoms with Crippen molar-refractivity contribution in [2.75, 3.05) is 13.2 Å². The van der Waals surface area contributed by atoms with Gasteiger partial charge < -0.3 is 20.3 Å². The van der Waals surface area contributed by atoms with E-state index in [4.69, 9.17) is 4.74 Å². The Hall–Kier alpha value is -1.40. The van der Waals surface area contributed by atoms with Gasteiger partial charge in [-0.15, -0.1) is 0 Å². The lowest BCUT2D eigenvalue weighted by molar-refractivity contribution is -0.143. The minimum Gasteiger partial charge on any atom is -0.466 e. The van der Waals surface area contributed by atoms with Gasteiger partial charge in [0.25, 0.3) is 0 Å². The molecule has 0 heterocycles. The Labute approximate surface area is 419 Å². The number of nitrogens with one attached hydrogen (secondary N) is 1. The third kappa shape index (κ3) is 53.8. The van der Waals surface area contributed by atoms with E-state index in [9.17, 15) is 19.8 Å². The minimum absolute atomic E-state index is 0.00399. The first-order valence-corrected chi connectivity index (χ1v) is 30.4. The van der Waals surface area contributed by atoms with Gasteiger partial charge in [0, 0.05) is 12.8 Å². The van der Waals surface area contributed by atoms with Crippen LogP contribution in [-0.2, 0) is 14.3 Å². The SMILES string of the molecule is CCCCCCCCC/C=C\CCCCCCCCCC(=O)OCCCCCCCCCCCCCCCCC(=O)NC(CO)C(O)CCCCCCCCCCCCCCCCCCCC. The summed E-state index contributed by atoms with van der Waals surface area (Å²) in [4.78, 5) is 24.6. The van der Waals surface area contributed by atoms with Gasteiger partial charge in [-0.3, -0.25) is 9.59 Å². The summed E-state index contributed by atoms with van der Waals surface area (Å²) < 4.78 is 5.49. The highest BCUT2D eigenvalue weighted by Crippen LogP contribution is 2.18. The molecule has 67 heavy (non-hydrogen) atoms. The highest BCUT2D eigenvalue weighted by atomic mass is 16.5. The molecule has 6 nitrogen and oxygen atoms in total. The van der Waals surface area contributed by atoms with Crippen molar-refractivity contribution in [2.45, 2.75) is 353 Å². The Kier molecular flexibility index (Phi) is 56.0. The van der Waals surface area contributed by atoms with Crippen molar-refractivity contribution in [2.24, 2.45) is 0 Å². The number of ether oxygens (including phenoxy) is 1. The summed E-state index contributed by atoms with van der Waals surface area (Å²) in [5.41, 5.74) is 0. The second kappa shape index (κ2) is 57.2. The number of esters is 1. The highest BCUT2D eigenvalue weighted by Gasteiger charge is 2.20. The van der Waals surface area contributed by atoms with E-state index in [1.807, 2.05) is 0 Å². The van der Waals surface area contributed by atoms with Gasteiger partial charge in [0.05, 0.1) is 25.4 Å².